The Balaban J connectivity index is 1.75. The molecule has 8 heteroatoms. The third kappa shape index (κ3) is 6.11. The van der Waals surface area contributed by atoms with Crippen LogP contribution in [0.5, 0.6) is 0 Å². The van der Waals surface area contributed by atoms with Gasteiger partial charge in [0, 0.05) is 55.9 Å². The monoisotopic (exact) mass is 494 g/mol. The smallest absolute Gasteiger partial charge is 0.248 e. The highest BCUT2D eigenvalue weighted by Crippen LogP contribution is 2.33. The molecule has 2 aliphatic heterocycles. The molecule has 8 nitrogen and oxygen atoms in total. The van der Waals surface area contributed by atoms with Gasteiger partial charge in [-0.1, -0.05) is 39.0 Å². The molecule has 4 rings (SSSR count). The van der Waals surface area contributed by atoms with Gasteiger partial charge in [0.1, 0.15) is 6.04 Å². The van der Waals surface area contributed by atoms with Crippen molar-refractivity contribution in [1.82, 2.24) is 15.6 Å². The summed E-state index contributed by atoms with van der Waals surface area (Å²) < 4.78 is 5.45. The number of benzene rings is 1. The van der Waals surface area contributed by atoms with Crippen LogP contribution >= 0.6 is 0 Å². The molecular weight excluding hydrogens is 456 g/mol. The highest BCUT2D eigenvalue weighted by atomic mass is 16.5. The van der Waals surface area contributed by atoms with Gasteiger partial charge >= 0.3 is 0 Å². The minimum atomic E-state index is -0.990. The Kier molecular flexibility index (Phi) is 7.78. The molecule has 2 aliphatic rings. The summed E-state index contributed by atoms with van der Waals surface area (Å²) in [6.45, 7) is 9.62. The van der Waals surface area contributed by atoms with Gasteiger partial charge in [-0.05, 0) is 48.9 Å². The van der Waals surface area contributed by atoms with Gasteiger partial charge in [-0.3, -0.25) is 19.5 Å². The third-order valence-electron chi connectivity index (χ3n) is 6.99. The largest absolute Gasteiger partial charge is 0.389 e. The summed E-state index contributed by atoms with van der Waals surface area (Å²) in [7, 11) is 0. The molecule has 3 N–H and O–H groups in total. The molecule has 0 saturated carbocycles. The number of rotatable bonds is 6. The van der Waals surface area contributed by atoms with Crippen molar-refractivity contribution in [2.24, 2.45) is 0 Å². The summed E-state index contributed by atoms with van der Waals surface area (Å²) in [5, 5.41) is 16.8. The lowest BCUT2D eigenvalue weighted by molar-refractivity contribution is -0.128. The van der Waals surface area contributed by atoms with Crippen LogP contribution in [-0.2, 0) is 19.7 Å². The number of hydrogen-bond acceptors (Lipinski definition) is 6. The Hall–Kier alpha value is -2.81. The van der Waals surface area contributed by atoms with Crippen molar-refractivity contribution in [3.63, 3.8) is 0 Å². The van der Waals surface area contributed by atoms with Gasteiger partial charge in [0.15, 0.2) is 0 Å². The fraction of sp³-hybridized carbons (Fsp3) is 0.536. The molecule has 0 bridgehead atoms. The van der Waals surface area contributed by atoms with E-state index in [1.807, 2.05) is 30.3 Å². The lowest BCUT2D eigenvalue weighted by atomic mass is 9.87. The standard InChI is InChI=1S/C28H38N4O4/c1-27(2,3)20-7-9-22(10-8-20)32(26(34)23-16-28(4,35)18-30-23)24(19-6-5-13-29-17-19)25(33)31-21-11-14-36-15-12-21/h5-10,13,17,21,23-24,30,35H,11-12,14-16,18H2,1-4H3,(H,31,33). The maximum absolute atomic E-state index is 14.1. The summed E-state index contributed by atoms with van der Waals surface area (Å²) in [5.41, 5.74) is 1.33. The molecule has 0 aliphatic carbocycles. The molecule has 2 saturated heterocycles. The molecular formula is C28H38N4O4. The second kappa shape index (κ2) is 10.7. The molecule has 2 aromatic rings. The predicted molar refractivity (Wildman–Crippen MR) is 139 cm³/mol. The summed E-state index contributed by atoms with van der Waals surface area (Å²) >= 11 is 0. The number of nitrogens with one attached hydrogen (secondary N) is 2. The van der Waals surface area contributed by atoms with E-state index in [9.17, 15) is 14.7 Å². The Morgan fingerprint density at radius 1 is 1.19 bits per heavy atom. The highest BCUT2D eigenvalue weighted by Gasteiger charge is 2.42. The molecule has 3 heterocycles. The van der Waals surface area contributed by atoms with Crippen LogP contribution in [0, 0.1) is 0 Å². The van der Waals surface area contributed by atoms with Crippen molar-refractivity contribution in [2.75, 3.05) is 24.7 Å². The SMILES string of the molecule is CC1(O)CNC(C(=O)N(c2ccc(C(C)(C)C)cc2)C(C(=O)NC2CCOCC2)c2cccnc2)C1. The van der Waals surface area contributed by atoms with E-state index in [-0.39, 0.29) is 29.7 Å². The second-order valence-electron chi connectivity index (χ2n) is 11.2. The first-order valence-corrected chi connectivity index (χ1v) is 12.7. The topological polar surface area (TPSA) is 104 Å². The minimum Gasteiger partial charge on any atom is -0.389 e. The zero-order valence-corrected chi connectivity index (χ0v) is 21.7. The lowest BCUT2D eigenvalue weighted by Crippen LogP contribution is -2.52. The summed E-state index contributed by atoms with van der Waals surface area (Å²) in [6, 6.07) is 9.86. The Labute approximate surface area is 213 Å². The Morgan fingerprint density at radius 2 is 1.89 bits per heavy atom. The van der Waals surface area contributed by atoms with E-state index in [0.717, 1.165) is 18.4 Å². The van der Waals surface area contributed by atoms with E-state index >= 15 is 0 Å². The fourth-order valence-electron chi connectivity index (χ4n) is 4.87. The van der Waals surface area contributed by atoms with Crippen LogP contribution in [0.4, 0.5) is 5.69 Å². The van der Waals surface area contributed by atoms with Gasteiger partial charge in [-0.25, -0.2) is 0 Å². The first-order chi connectivity index (χ1) is 17.0. The summed E-state index contributed by atoms with van der Waals surface area (Å²) in [4.78, 5) is 33.7. The van der Waals surface area contributed by atoms with E-state index < -0.39 is 17.7 Å². The van der Waals surface area contributed by atoms with E-state index in [1.165, 1.54) is 0 Å². The van der Waals surface area contributed by atoms with Crippen LogP contribution in [0.25, 0.3) is 0 Å². The number of nitrogens with zero attached hydrogens (tertiary/aromatic N) is 2. The van der Waals surface area contributed by atoms with Gasteiger partial charge in [0.25, 0.3) is 0 Å². The van der Waals surface area contributed by atoms with E-state index in [2.05, 4.69) is 36.4 Å². The average Bonchev–Trinajstić information content (AvgIpc) is 3.22. The number of carbonyl (C=O) groups excluding carboxylic acids is 2. The van der Waals surface area contributed by atoms with Gasteiger partial charge in [0.05, 0.1) is 11.6 Å². The normalized spacial score (nSPS) is 23.8. The summed E-state index contributed by atoms with van der Waals surface area (Å²) in [6.07, 6.45) is 5.01. The van der Waals surface area contributed by atoms with Crippen LogP contribution in [-0.4, -0.2) is 59.3 Å². The van der Waals surface area contributed by atoms with E-state index in [1.54, 1.807) is 30.3 Å². The number of aliphatic hydroxyl groups is 1. The number of pyridine rings is 1. The van der Waals surface area contributed by atoms with Crippen LogP contribution in [0.3, 0.4) is 0 Å². The minimum absolute atomic E-state index is 0.0176. The molecule has 0 spiro atoms. The average molecular weight is 495 g/mol. The molecule has 2 amide bonds. The zero-order chi connectivity index (χ0) is 25.9. The van der Waals surface area contributed by atoms with Crippen molar-refractivity contribution < 1.29 is 19.4 Å². The molecule has 3 unspecified atom stereocenters. The van der Waals surface area contributed by atoms with Crippen molar-refractivity contribution in [3.8, 4) is 0 Å². The lowest BCUT2D eigenvalue weighted by Gasteiger charge is -2.35. The number of anilines is 1. The molecule has 2 fully saturated rings. The van der Waals surface area contributed by atoms with Gasteiger partial charge in [-0.15, -0.1) is 0 Å². The van der Waals surface area contributed by atoms with Crippen molar-refractivity contribution in [1.29, 1.82) is 0 Å². The predicted octanol–water partition coefficient (Wildman–Crippen LogP) is 2.86. The van der Waals surface area contributed by atoms with Crippen LogP contribution in [0.2, 0.25) is 0 Å². The molecule has 1 aromatic heterocycles. The number of ether oxygens (including phenoxy) is 1. The molecule has 3 atom stereocenters. The van der Waals surface area contributed by atoms with Crippen molar-refractivity contribution in [3.05, 3.63) is 59.9 Å². The molecule has 0 radical (unpaired) electrons. The number of carbonyl (C=O) groups is 2. The van der Waals surface area contributed by atoms with E-state index in [0.29, 0.717) is 31.0 Å². The molecule has 36 heavy (non-hydrogen) atoms. The number of aromatic nitrogens is 1. The maximum atomic E-state index is 14.1. The van der Waals surface area contributed by atoms with Crippen LogP contribution in [0.15, 0.2) is 48.8 Å². The first-order valence-electron chi connectivity index (χ1n) is 12.7. The van der Waals surface area contributed by atoms with Gasteiger partial charge < -0.3 is 20.5 Å². The van der Waals surface area contributed by atoms with Gasteiger partial charge in [-0.2, -0.15) is 0 Å². The van der Waals surface area contributed by atoms with Crippen LogP contribution < -0.4 is 15.5 Å². The summed E-state index contributed by atoms with van der Waals surface area (Å²) in [5.74, 6) is -0.514. The Bertz CT molecular complexity index is 1040. The zero-order valence-electron chi connectivity index (χ0n) is 21.7. The van der Waals surface area contributed by atoms with Gasteiger partial charge in [0.2, 0.25) is 11.8 Å². The van der Waals surface area contributed by atoms with Crippen molar-refractivity contribution in [2.45, 2.75) is 76.1 Å². The number of β-amino-alcohol motifs (C(OH)–C–C–N with tert-alkyl or cyclic N) is 1. The van der Waals surface area contributed by atoms with E-state index in [4.69, 9.17) is 4.74 Å². The quantitative estimate of drug-likeness (QED) is 0.571. The highest BCUT2D eigenvalue weighted by molar-refractivity contribution is 6.04. The maximum Gasteiger partial charge on any atom is 0.248 e. The fourth-order valence-corrected chi connectivity index (χ4v) is 4.87. The van der Waals surface area contributed by atoms with Crippen molar-refractivity contribution >= 4 is 17.5 Å². The van der Waals surface area contributed by atoms with Crippen LogP contribution in [0.1, 0.15) is 64.1 Å². The Morgan fingerprint density at radius 3 is 2.44 bits per heavy atom. The molecule has 194 valence electrons. The second-order valence-corrected chi connectivity index (χ2v) is 11.2. The number of amides is 2. The first kappa shape index (κ1) is 26.3. The number of hydrogen-bond donors (Lipinski definition) is 3. The third-order valence-corrected chi connectivity index (χ3v) is 6.99. The molecule has 1 aromatic carbocycles.